The van der Waals surface area contributed by atoms with Crippen LogP contribution in [0.1, 0.15) is 5.56 Å². The first-order chi connectivity index (χ1) is 8.21. The third-order valence-electron chi connectivity index (χ3n) is 2.28. The normalized spacial score (nSPS) is 12.2. The molecule has 0 aliphatic rings. The highest BCUT2D eigenvalue weighted by Crippen LogP contribution is 2.28. The molecule has 0 saturated carbocycles. The molecule has 0 aliphatic carbocycles. The maximum atomic E-state index is 9.51. The van der Waals surface area contributed by atoms with Crippen molar-refractivity contribution in [1.29, 1.82) is 0 Å². The van der Waals surface area contributed by atoms with E-state index >= 15 is 0 Å². The maximum Gasteiger partial charge on any atom is 0.161 e. The molecule has 0 radical (unpaired) electrons. The van der Waals surface area contributed by atoms with Gasteiger partial charge in [-0.3, -0.25) is 0 Å². The molecule has 1 aromatic rings. The summed E-state index contributed by atoms with van der Waals surface area (Å²) in [6.07, 6.45) is -0.567. The molecule has 96 valence electrons. The van der Waals surface area contributed by atoms with Crippen LogP contribution in [-0.2, 0) is 6.61 Å². The maximum absolute atomic E-state index is 9.51. The summed E-state index contributed by atoms with van der Waals surface area (Å²) < 4.78 is 10.6. The average Bonchev–Trinajstić information content (AvgIpc) is 2.36. The van der Waals surface area contributed by atoms with Crippen LogP contribution in [0.4, 0.5) is 0 Å². The molecule has 1 unspecified atom stereocenters. The summed E-state index contributed by atoms with van der Waals surface area (Å²) in [7, 11) is 3.30. The summed E-state index contributed by atoms with van der Waals surface area (Å²) in [4.78, 5) is 0. The van der Waals surface area contributed by atoms with Gasteiger partial charge < -0.3 is 25.0 Å². The number of rotatable bonds is 7. The highest BCUT2D eigenvalue weighted by Gasteiger charge is 2.08. The van der Waals surface area contributed by atoms with Gasteiger partial charge in [-0.25, -0.2) is 0 Å². The van der Waals surface area contributed by atoms with Crippen LogP contribution in [0.2, 0.25) is 0 Å². The second-order valence-electron chi connectivity index (χ2n) is 3.67. The van der Waals surface area contributed by atoms with E-state index in [4.69, 9.17) is 14.6 Å². The van der Waals surface area contributed by atoms with E-state index in [0.717, 1.165) is 5.56 Å². The van der Waals surface area contributed by atoms with Crippen LogP contribution in [-0.4, -0.2) is 43.6 Å². The molecule has 3 N–H and O–H groups in total. The predicted octanol–water partition coefficient (Wildman–Crippen LogP) is 0.147. The summed E-state index contributed by atoms with van der Waals surface area (Å²) >= 11 is 0. The minimum Gasteiger partial charge on any atom is -0.493 e. The molecule has 1 rings (SSSR count). The third kappa shape index (κ3) is 4.22. The van der Waals surface area contributed by atoms with E-state index in [2.05, 4.69) is 5.32 Å². The molecule has 0 spiro atoms. The highest BCUT2D eigenvalue weighted by molar-refractivity contribution is 5.42. The lowest BCUT2D eigenvalue weighted by Crippen LogP contribution is -2.29. The molecule has 0 amide bonds. The first-order valence-corrected chi connectivity index (χ1v) is 5.44. The van der Waals surface area contributed by atoms with Crippen molar-refractivity contribution in [2.75, 3.05) is 27.3 Å². The number of benzene rings is 1. The standard InChI is InChI=1S/C12H19NO4/c1-13-6-10(15)8-17-11-4-3-9(7-14)5-12(11)16-2/h3-5,10,13-15H,6-8H2,1-2H3. The van der Waals surface area contributed by atoms with E-state index in [0.29, 0.717) is 18.0 Å². The van der Waals surface area contributed by atoms with Crippen molar-refractivity contribution in [1.82, 2.24) is 5.32 Å². The molecule has 0 heterocycles. The second-order valence-corrected chi connectivity index (χ2v) is 3.67. The van der Waals surface area contributed by atoms with Crippen LogP contribution in [0.3, 0.4) is 0 Å². The molecule has 0 fully saturated rings. The molecular formula is C12H19NO4. The zero-order chi connectivity index (χ0) is 12.7. The molecule has 17 heavy (non-hydrogen) atoms. The number of aliphatic hydroxyl groups is 2. The van der Waals surface area contributed by atoms with E-state index in [9.17, 15) is 5.11 Å². The van der Waals surface area contributed by atoms with Gasteiger partial charge in [0.15, 0.2) is 11.5 Å². The van der Waals surface area contributed by atoms with Gasteiger partial charge in [-0.05, 0) is 24.7 Å². The largest absolute Gasteiger partial charge is 0.493 e. The van der Waals surface area contributed by atoms with Gasteiger partial charge in [0.2, 0.25) is 0 Å². The fraction of sp³-hybridized carbons (Fsp3) is 0.500. The topological polar surface area (TPSA) is 71.0 Å². The fourth-order valence-corrected chi connectivity index (χ4v) is 1.41. The monoisotopic (exact) mass is 241 g/mol. The zero-order valence-electron chi connectivity index (χ0n) is 10.1. The van der Waals surface area contributed by atoms with Crippen LogP contribution < -0.4 is 14.8 Å². The Hall–Kier alpha value is -1.30. The molecule has 0 saturated heterocycles. The van der Waals surface area contributed by atoms with Crippen LogP contribution in [0, 0.1) is 0 Å². The predicted molar refractivity (Wildman–Crippen MR) is 64.3 cm³/mol. The van der Waals surface area contributed by atoms with Gasteiger partial charge >= 0.3 is 0 Å². The van der Waals surface area contributed by atoms with Gasteiger partial charge in [0.25, 0.3) is 0 Å². The Morgan fingerprint density at radius 3 is 2.71 bits per heavy atom. The van der Waals surface area contributed by atoms with Crippen molar-refractivity contribution in [3.63, 3.8) is 0 Å². The van der Waals surface area contributed by atoms with Crippen LogP contribution in [0.25, 0.3) is 0 Å². The first-order valence-electron chi connectivity index (χ1n) is 5.44. The van der Waals surface area contributed by atoms with Crippen molar-refractivity contribution < 1.29 is 19.7 Å². The number of hydrogen-bond acceptors (Lipinski definition) is 5. The molecule has 0 bridgehead atoms. The van der Waals surface area contributed by atoms with E-state index in [1.807, 2.05) is 0 Å². The summed E-state index contributed by atoms with van der Waals surface area (Å²) in [5, 5.41) is 21.4. The van der Waals surface area contributed by atoms with Crippen molar-refractivity contribution in [2.24, 2.45) is 0 Å². The molecule has 5 heteroatoms. The lowest BCUT2D eigenvalue weighted by molar-refractivity contribution is 0.106. The lowest BCUT2D eigenvalue weighted by atomic mass is 10.2. The minimum atomic E-state index is -0.567. The smallest absolute Gasteiger partial charge is 0.161 e. The number of nitrogens with one attached hydrogen (secondary N) is 1. The third-order valence-corrected chi connectivity index (χ3v) is 2.28. The molecule has 1 aromatic carbocycles. The van der Waals surface area contributed by atoms with Gasteiger partial charge in [-0.1, -0.05) is 6.07 Å². The number of aliphatic hydroxyl groups excluding tert-OH is 2. The van der Waals surface area contributed by atoms with Crippen molar-refractivity contribution >= 4 is 0 Å². The Morgan fingerprint density at radius 1 is 1.35 bits per heavy atom. The number of methoxy groups -OCH3 is 1. The SMILES string of the molecule is CNCC(O)COc1ccc(CO)cc1OC. The number of ether oxygens (including phenoxy) is 2. The van der Waals surface area contributed by atoms with Crippen LogP contribution in [0.15, 0.2) is 18.2 Å². The molecule has 5 nitrogen and oxygen atoms in total. The summed E-state index contributed by atoms with van der Waals surface area (Å²) in [6.45, 7) is 0.617. The summed E-state index contributed by atoms with van der Waals surface area (Å²) in [5.74, 6) is 1.10. The van der Waals surface area contributed by atoms with Crippen LogP contribution in [0.5, 0.6) is 11.5 Å². The van der Waals surface area contributed by atoms with E-state index in [-0.39, 0.29) is 13.2 Å². The van der Waals surface area contributed by atoms with Crippen molar-refractivity contribution in [2.45, 2.75) is 12.7 Å². The Bertz CT molecular complexity index is 343. The average molecular weight is 241 g/mol. The van der Waals surface area contributed by atoms with Crippen molar-refractivity contribution in [3.8, 4) is 11.5 Å². The van der Waals surface area contributed by atoms with Gasteiger partial charge in [0.05, 0.1) is 13.7 Å². The van der Waals surface area contributed by atoms with E-state index in [1.54, 1.807) is 25.2 Å². The minimum absolute atomic E-state index is 0.0426. The molecule has 0 aromatic heterocycles. The first kappa shape index (κ1) is 13.8. The molecule has 1 atom stereocenters. The Kier molecular flexibility index (Phi) is 5.76. The Balaban J connectivity index is 2.63. The van der Waals surface area contributed by atoms with Gasteiger partial charge in [0, 0.05) is 6.54 Å². The van der Waals surface area contributed by atoms with Crippen molar-refractivity contribution in [3.05, 3.63) is 23.8 Å². The van der Waals surface area contributed by atoms with Gasteiger partial charge in [-0.15, -0.1) is 0 Å². The highest BCUT2D eigenvalue weighted by atomic mass is 16.5. The second kappa shape index (κ2) is 7.11. The van der Waals surface area contributed by atoms with Gasteiger partial charge in [0.1, 0.15) is 12.7 Å². The number of likely N-dealkylation sites (N-methyl/N-ethyl adjacent to an activating group) is 1. The molecular weight excluding hydrogens is 222 g/mol. The van der Waals surface area contributed by atoms with Gasteiger partial charge in [-0.2, -0.15) is 0 Å². The number of hydrogen-bond donors (Lipinski definition) is 3. The quantitative estimate of drug-likeness (QED) is 0.633. The Morgan fingerprint density at radius 2 is 2.12 bits per heavy atom. The molecule has 0 aliphatic heterocycles. The summed E-state index contributed by atoms with van der Waals surface area (Å²) in [5.41, 5.74) is 0.755. The van der Waals surface area contributed by atoms with E-state index < -0.39 is 6.10 Å². The zero-order valence-corrected chi connectivity index (χ0v) is 10.1. The summed E-state index contributed by atoms with van der Waals surface area (Å²) in [6, 6.07) is 5.18. The van der Waals surface area contributed by atoms with E-state index in [1.165, 1.54) is 7.11 Å². The lowest BCUT2D eigenvalue weighted by Gasteiger charge is -2.14. The fourth-order valence-electron chi connectivity index (χ4n) is 1.41. The van der Waals surface area contributed by atoms with Crippen LogP contribution >= 0.6 is 0 Å². The Labute approximate surface area is 101 Å².